The molecule has 1 aliphatic carbocycles. The van der Waals surface area contributed by atoms with Crippen LogP contribution >= 0.6 is 0 Å². The summed E-state index contributed by atoms with van der Waals surface area (Å²) in [6.07, 6.45) is 7.07. The maximum Gasteiger partial charge on any atom is 0.0685 e. The molecule has 100 valence electrons. The van der Waals surface area contributed by atoms with Crippen LogP contribution < -0.4 is 5.32 Å². The van der Waals surface area contributed by atoms with Crippen LogP contribution in [0.2, 0.25) is 0 Å². The predicted molar refractivity (Wildman–Crippen MR) is 71.1 cm³/mol. The number of nitrogens with zero attached hydrogens (tertiary/aromatic N) is 1. The normalized spacial score (nSPS) is 28.6. The average molecular weight is 240 g/mol. The highest BCUT2D eigenvalue weighted by Gasteiger charge is 2.34. The second-order valence-electron chi connectivity index (χ2n) is 5.97. The highest BCUT2D eigenvalue weighted by atomic mass is 16.3. The summed E-state index contributed by atoms with van der Waals surface area (Å²) < 4.78 is 0. The number of nitrogens with one attached hydrogen (secondary N) is 1. The molecule has 1 aliphatic heterocycles. The van der Waals surface area contributed by atoms with E-state index in [4.69, 9.17) is 0 Å². The molecule has 2 rings (SSSR count). The van der Waals surface area contributed by atoms with E-state index in [1.807, 2.05) is 0 Å². The van der Waals surface area contributed by atoms with E-state index in [0.29, 0.717) is 5.92 Å². The van der Waals surface area contributed by atoms with Crippen molar-refractivity contribution in [2.24, 2.45) is 5.92 Å². The first-order chi connectivity index (χ1) is 8.21. The minimum Gasteiger partial charge on any atom is -0.390 e. The van der Waals surface area contributed by atoms with Gasteiger partial charge in [0.15, 0.2) is 0 Å². The van der Waals surface area contributed by atoms with Crippen LogP contribution in [0.1, 0.15) is 45.4 Å². The zero-order valence-corrected chi connectivity index (χ0v) is 11.2. The third-order valence-corrected chi connectivity index (χ3v) is 4.63. The minimum atomic E-state index is -0.388. The molecule has 0 spiro atoms. The van der Waals surface area contributed by atoms with Gasteiger partial charge in [0.05, 0.1) is 5.60 Å². The fraction of sp³-hybridized carbons (Fsp3) is 1.00. The van der Waals surface area contributed by atoms with E-state index in [1.165, 1.54) is 25.7 Å². The topological polar surface area (TPSA) is 35.5 Å². The fourth-order valence-corrected chi connectivity index (χ4v) is 3.28. The molecule has 3 heteroatoms. The Balaban J connectivity index is 1.85. The third kappa shape index (κ3) is 3.67. The van der Waals surface area contributed by atoms with Crippen molar-refractivity contribution in [2.75, 3.05) is 32.7 Å². The molecule has 0 amide bonds. The van der Waals surface area contributed by atoms with Crippen LogP contribution in [0, 0.1) is 5.92 Å². The molecular weight excluding hydrogens is 212 g/mol. The molecule has 1 saturated carbocycles. The smallest absolute Gasteiger partial charge is 0.0685 e. The van der Waals surface area contributed by atoms with Crippen molar-refractivity contribution < 1.29 is 5.11 Å². The van der Waals surface area contributed by atoms with Gasteiger partial charge < -0.3 is 15.3 Å². The van der Waals surface area contributed by atoms with Crippen LogP contribution in [0.25, 0.3) is 0 Å². The second kappa shape index (κ2) is 6.17. The number of rotatable bonds is 3. The molecule has 0 aromatic carbocycles. The monoisotopic (exact) mass is 240 g/mol. The summed E-state index contributed by atoms with van der Waals surface area (Å²) in [7, 11) is 0. The number of piperazine rings is 1. The lowest BCUT2D eigenvalue weighted by Gasteiger charge is -2.38. The van der Waals surface area contributed by atoms with Crippen LogP contribution in [-0.4, -0.2) is 48.3 Å². The van der Waals surface area contributed by atoms with Crippen LogP contribution in [0.5, 0.6) is 0 Å². The Morgan fingerprint density at radius 2 is 1.71 bits per heavy atom. The Morgan fingerprint density at radius 1 is 1.12 bits per heavy atom. The molecule has 2 N–H and O–H groups in total. The zero-order valence-electron chi connectivity index (χ0n) is 11.2. The van der Waals surface area contributed by atoms with Crippen LogP contribution in [0.4, 0.5) is 0 Å². The lowest BCUT2D eigenvalue weighted by atomic mass is 9.82. The van der Waals surface area contributed by atoms with Crippen molar-refractivity contribution >= 4 is 0 Å². The molecule has 2 fully saturated rings. The van der Waals surface area contributed by atoms with Crippen molar-refractivity contribution in [3.63, 3.8) is 0 Å². The molecule has 0 aromatic heterocycles. The molecule has 1 unspecified atom stereocenters. The molecule has 3 nitrogen and oxygen atoms in total. The van der Waals surface area contributed by atoms with Crippen molar-refractivity contribution in [1.82, 2.24) is 10.2 Å². The molecule has 1 atom stereocenters. The molecule has 0 bridgehead atoms. The maximum atomic E-state index is 10.8. The Bertz CT molecular complexity index is 218. The summed E-state index contributed by atoms with van der Waals surface area (Å²) in [5.41, 5.74) is -0.388. The van der Waals surface area contributed by atoms with Gasteiger partial charge in [-0.1, -0.05) is 32.6 Å². The number of hydrogen-bond acceptors (Lipinski definition) is 3. The Kier molecular flexibility index (Phi) is 4.83. The fourth-order valence-electron chi connectivity index (χ4n) is 3.28. The van der Waals surface area contributed by atoms with Gasteiger partial charge in [0, 0.05) is 32.7 Å². The maximum absolute atomic E-state index is 10.8. The van der Waals surface area contributed by atoms with Gasteiger partial charge in [-0.15, -0.1) is 0 Å². The molecular formula is C14H28N2O. The van der Waals surface area contributed by atoms with Crippen LogP contribution in [0.3, 0.4) is 0 Å². The van der Waals surface area contributed by atoms with Gasteiger partial charge in [0.25, 0.3) is 0 Å². The first-order valence-corrected chi connectivity index (χ1v) is 7.36. The number of hydrogen-bond donors (Lipinski definition) is 2. The molecule has 1 saturated heterocycles. The van der Waals surface area contributed by atoms with Gasteiger partial charge in [-0.05, 0) is 18.8 Å². The summed E-state index contributed by atoms with van der Waals surface area (Å²) in [5.74, 6) is 0.415. The van der Waals surface area contributed by atoms with E-state index in [-0.39, 0.29) is 5.60 Å². The van der Waals surface area contributed by atoms with Gasteiger partial charge in [0.1, 0.15) is 0 Å². The van der Waals surface area contributed by atoms with E-state index in [2.05, 4.69) is 17.1 Å². The van der Waals surface area contributed by atoms with Crippen LogP contribution in [-0.2, 0) is 0 Å². The summed E-state index contributed by atoms with van der Waals surface area (Å²) in [6.45, 7) is 7.79. The largest absolute Gasteiger partial charge is 0.390 e. The molecule has 17 heavy (non-hydrogen) atoms. The minimum absolute atomic E-state index is 0.388. The van der Waals surface area contributed by atoms with Crippen molar-refractivity contribution in [3.8, 4) is 0 Å². The first kappa shape index (κ1) is 13.3. The van der Waals surface area contributed by atoms with Gasteiger partial charge in [-0.2, -0.15) is 0 Å². The highest BCUT2D eigenvalue weighted by Crippen LogP contribution is 2.33. The standard InChI is InChI=1S/C14H28N2O/c1-13(12-16-10-8-15-9-11-16)14(17)6-4-2-3-5-7-14/h13,15,17H,2-12H2,1H3. The molecule has 0 radical (unpaired) electrons. The second-order valence-corrected chi connectivity index (χ2v) is 5.97. The Hall–Kier alpha value is -0.120. The highest BCUT2D eigenvalue weighted by molar-refractivity contribution is 4.88. The molecule has 1 heterocycles. The van der Waals surface area contributed by atoms with E-state index in [9.17, 15) is 5.11 Å². The van der Waals surface area contributed by atoms with Gasteiger partial charge in [-0.25, -0.2) is 0 Å². The van der Waals surface area contributed by atoms with Crippen molar-refractivity contribution in [2.45, 2.75) is 51.0 Å². The van der Waals surface area contributed by atoms with Gasteiger partial charge in [0.2, 0.25) is 0 Å². The van der Waals surface area contributed by atoms with E-state index in [0.717, 1.165) is 45.6 Å². The average Bonchev–Trinajstić information content (AvgIpc) is 2.56. The Labute approximate surface area is 106 Å². The SMILES string of the molecule is CC(CN1CCNCC1)C1(O)CCCCCC1. The van der Waals surface area contributed by atoms with Crippen LogP contribution in [0.15, 0.2) is 0 Å². The summed E-state index contributed by atoms with van der Waals surface area (Å²) in [5, 5.41) is 14.2. The first-order valence-electron chi connectivity index (χ1n) is 7.36. The van der Waals surface area contributed by atoms with Crippen molar-refractivity contribution in [1.29, 1.82) is 0 Å². The zero-order chi connectivity index (χ0) is 12.1. The lowest BCUT2D eigenvalue weighted by Crippen LogP contribution is -2.49. The predicted octanol–water partition coefficient (Wildman–Crippen LogP) is 1.61. The van der Waals surface area contributed by atoms with E-state index in [1.54, 1.807) is 0 Å². The quantitative estimate of drug-likeness (QED) is 0.736. The van der Waals surface area contributed by atoms with Gasteiger partial charge in [-0.3, -0.25) is 0 Å². The summed E-state index contributed by atoms with van der Waals surface area (Å²) >= 11 is 0. The molecule has 2 aliphatic rings. The van der Waals surface area contributed by atoms with E-state index < -0.39 is 0 Å². The number of aliphatic hydroxyl groups is 1. The summed E-state index contributed by atoms with van der Waals surface area (Å²) in [4.78, 5) is 2.50. The third-order valence-electron chi connectivity index (χ3n) is 4.63. The Morgan fingerprint density at radius 3 is 2.29 bits per heavy atom. The molecule has 0 aromatic rings. The van der Waals surface area contributed by atoms with E-state index >= 15 is 0 Å². The summed E-state index contributed by atoms with van der Waals surface area (Å²) in [6, 6.07) is 0. The van der Waals surface area contributed by atoms with Crippen molar-refractivity contribution in [3.05, 3.63) is 0 Å². The lowest BCUT2D eigenvalue weighted by molar-refractivity contribution is -0.0378. The van der Waals surface area contributed by atoms with Gasteiger partial charge >= 0.3 is 0 Å².